The molecule has 2 atom stereocenters. The van der Waals surface area contributed by atoms with Crippen molar-refractivity contribution in [1.82, 2.24) is 15.2 Å². The lowest BCUT2D eigenvalue weighted by Gasteiger charge is -2.37. The van der Waals surface area contributed by atoms with Crippen LogP contribution in [0.4, 0.5) is 0 Å². The van der Waals surface area contributed by atoms with Crippen molar-refractivity contribution in [1.29, 1.82) is 0 Å². The van der Waals surface area contributed by atoms with Gasteiger partial charge in [-0.3, -0.25) is 4.90 Å². The summed E-state index contributed by atoms with van der Waals surface area (Å²) in [7, 11) is 0. The second-order valence-corrected chi connectivity index (χ2v) is 9.67. The van der Waals surface area contributed by atoms with Crippen molar-refractivity contribution < 1.29 is 9.47 Å². The van der Waals surface area contributed by atoms with E-state index in [9.17, 15) is 0 Å². The molecule has 0 spiro atoms. The quantitative estimate of drug-likeness (QED) is 0.522. The minimum absolute atomic E-state index is 0.293. The second-order valence-electron chi connectivity index (χ2n) is 7.63. The Hall–Kier alpha value is -1.77. The van der Waals surface area contributed by atoms with E-state index >= 15 is 0 Å². The molecule has 3 aromatic rings. The number of ether oxygens (including phenoxy) is 2. The van der Waals surface area contributed by atoms with E-state index in [1.54, 1.807) is 11.3 Å². The van der Waals surface area contributed by atoms with Gasteiger partial charge >= 0.3 is 0 Å². The number of benzene rings is 1. The van der Waals surface area contributed by atoms with E-state index in [4.69, 9.17) is 9.47 Å². The fraction of sp³-hybridized carbons (Fsp3) is 0.435. The average Bonchev–Trinajstić information content (AvgIpc) is 3.42. The first kappa shape index (κ1) is 21.5. The second kappa shape index (κ2) is 10.5. The Morgan fingerprint density at radius 2 is 2.13 bits per heavy atom. The minimum atomic E-state index is 0.293. The van der Waals surface area contributed by atoms with Crippen molar-refractivity contribution in [2.24, 2.45) is 0 Å². The summed E-state index contributed by atoms with van der Waals surface area (Å²) in [4.78, 5) is 8.40. The van der Waals surface area contributed by atoms with Crippen LogP contribution in [0.15, 0.2) is 47.2 Å². The highest BCUT2D eigenvalue weighted by Gasteiger charge is 2.25. The first-order valence-electron chi connectivity index (χ1n) is 10.4. The number of hydrogen-bond acceptors (Lipinski definition) is 7. The van der Waals surface area contributed by atoms with Crippen molar-refractivity contribution in [3.8, 4) is 5.75 Å². The van der Waals surface area contributed by atoms with Gasteiger partial charge < -0.3 is 14.8 Å². The number of morpholine rings is 1. The molecule has 1 saturated heterocycles. The molecule has 0 aliphatic carbocycles. The predicted molar refractivity (Wildman–Crippen MR) is 123 cm³/mol. The first-order chi connectivity index (χ1) is 14.7. The number of thiazole rings is 1. The number of aromatic nitrogens is 1. The van der Waals surface area contributed by atoms with Gasteiger partial charge in [0.05, 0.1) is 29.5 Å². The fourth-order valence-corrected chi connectivity index (χ4v) is 5.17. The van der Waals surface area contributed by atoms with Gasteiger partial charge in [0, 0.05) is 36.4 Å². The molecular weight excluding hydrogens is 414 g/mol. The predicted octanol–water partition coefficient (Wildman–Crippen LogP) is 4.64. The highest BCUT2D eigenvalue weighted by Crippen LogP contribution is 2.26. The van der Waals surface area contributed by atoms with Crippen molar-refractivity contribution in [3.63, 3.8) is 0 Å². The number of thiophene rings is 1. The number of nitrogens with one attached hydrogen (secondary N) is 1. The number of hydrogen-bond donors (Lipinski definition) is 1. The van der Waals surface area contributed by atoms with Gasteiger partial charge in [-0.05, 0) is 43.0 Å². The molecule has 0 radical (unpaired) electrons. The van der Waals surface area contributed by atoms with Crippen LogP contribution in [0.1, 0.15) is 34.1 Å². The molecule has 160 valence electrons. The van der Waals surface area contributed by atoms with E-state index < -0.39 is 0 Å². The standard InChI is InChI=1S/C23H29N3O2S2/c1-17-14-26(9-10-27-17)22(23-4-3-11-29-23)13-24-12-19-5-7-21(8-6-19)28-15-20-16-30-18(2)25-20/h3-8,11,16-17,22,24H,9-10,12-15H2,1-2H3. The van der Waals surface area contributed by atoms with Gasteiger partial charge in [0.15, 0.2) is 0 Å². The van der Waals surface area contributed by atoms with Crippen molar-refractivity contribution >= 4 is 22.7 Å². The van der Waals surface area contributed by atoms with E-state index in [0.717, 1.165) is 49.2 Å². The Kier molecular flexibility index (Phi) is 7.52. The van der Waals surface area contributed by atoms with Crippen LogP contribution >= 0.6 is 22.7 Å². The summed E-state index contributed by atoms with van der Waals surface area (Å²) < 4.78 is 11.6. The van der Waals surface area contributed by atoms with Crippen LogP contribution in [0, 0.1) is 6.92 Å². The third-order valence-corrected chi connectivity index (χ3v) is 7.02. The van der Waals surface area contributed by atoms with Gasteiger partial charge in [-0.1, -0.05) is 18.2 Å². The molecule has 7 heteroatoms. The van der Waals surface area contributed by atoms with Crippen LogP contribution in [0.25, 0.3) is 0 Å². The first-order valence-corrected chi connectivity index (χ1v) is 12.2. The zero-order valence-electron chi connectivity index (χ0n) is 17.5. The molecule has 1 aromatic carbocycles. The number of rotatable bonds is 9. The lowest BCUT2D eigenvalue weighted by atomic mass is 10.1. The highest BCUT2D eigenvalue weighted by molar-refractivity contribution is 7.10. The van der Waals surface area contributed by atoms with Crippen LogP contribution in [-0.4, -0.2) is 42.2 Å². The zero-order chi connectivity index (χ0) is 20.8. The lowest BCUT2D eigenvalue weighted by molar-refractivity contribution is -0.0339. The fourth-order valence-electron chi connectivity index (χ4n) is 3.71. The summed E-state index contributed by atoms with van der Waals surface area (Å²) in [6.45, 7) is 9.23. The van der Waals surface area contributed by atoms with E-state index in [-0.39, 0.29) is 0 Å². The van der Waals surface area contributed by atoms with Gasteiger partial charge in [0.1, 0.15) is 12.4 Å². The molecule has 0 bridgehead atoms. The Balaban J connectivity index is 1.28. The van der Waals surface area contributed by atoms with E-state index in [2.05, 4.69) is 51.8 Å². The molecule has 1 aliphatic heterocycles. The summed E-state index contributed by atoms with van der Waals surface area (Å²) in [5.74, 6) is 0.878. The molecule has 1 aliphatic rings. The lowest BCUT2D eigenvalue weighted by Crippen LogP contribution is -2.45. The zero-order valence-corrected chi connectivity index (χ0v) is 19.2. The van der Waals surface area contributed by atoms with Gasteiger partial charge in [0.25, 0.3) is 0 Å². The van der Waals surface area contributed by atoms with Gasteiger partial charge in [-0.25, -0.2) is 4.98 Å². The Morgan fingerprint density at radius 1 is 1.27 bits per heavy atom. The molecule has 1 fully saturated rings. The molecule has 5 nitrogen and oxygen atoms in total. The minimum Gasteiger partial charge on any atom is -0.487 e. The van der Waals surface area contributed by atoms with Crippen molar-refractivity contribution in [2.45, 2.75) is 39.1 Å². The van der Waals surface area contributed by atoms with Gasteiger partial charge in [-0.2, -0.15) is 0 Å². The molecule has 0 saturated carbocycles. The number of nitrogens with zero attached hydrogens (tertiary/aromatic N) is 2. The summed E-state index contributed by atoms with van der Waals surface area (Å²) in [6.07, 6.45) is 0.293. The smallest absolute Gasteiger partial charge is 0.131 e. The van der Waals surface area contributed by atoms with E-state index in [1.807, 2.05) is 35.8 Å². The molecule has 3 heterocycles. The van der Waals surface area contributed by atoms with Crippen LogP contribution < -0.4 is 10.1 Å². The van der Waals surface area contributed by atoms with Crippen LogP contribution in [0.5, 0.6) is 5.75 Å². The van der Waals surface area contributed by atoms with Crippen molar-refractivity contribution in [3.05, 3.63) is 68.3 Å². The highest BCUT2D eigenvalue weighted by atomic mass is 32.1. The van der Waals surface area contributed by atoms with Crippen LogP contribution in [-0.2, 0) is 17.9 Å². The Labute approximate surface area is 186 Å². The maximum atomic E-state index is 5.85. The van der Waals surface area contributed by atoms with Crippen LogP contribution in [0.2, 0.25) is 0 Å². The summed E-state index contributed by atoms with van der Waals surface area (Å²) in [5.41, 5.74) is 2.24. The topological polar surface area (TPSA) is 46.6 Å². The molecular formula is C23H29N3O2S2. The summed E-state index contributed by atoms with van der Waals surface area (Å²) >= 11 is 3.49. The SMILES string of the molecule is Cc1nc(COc2ccc(CNCC(c3cccs3)N3CCOC(C)C3)cc2)cs1. The van der Waals surface area contributed by atoms with Crippen LogP contribution in [0.3, 0.4) is 0 Å². The number of aryl methyl sites for hydroxylation is 1. The van der Waals surface area contributed by atoms with Crippen molar-refractivity contribution in [2.75, 3.05) is 26.2 Å². The molecule has 2 unspecified atom stereocenters. The van der Waals surface area contributed by atoms with E-state index in [0.29, 0.717) is 18.8 Å². The maximum absolute atomic E-state index is 5.85. The third kappa shape index (κ3) is 5.89. The normalized spacial score (nSPS) is 18.4. The molecule has 30 heavy (non-hydrogen) atoms. The largest absolute Gasteiger partial charge is 0.487 e. The Morgan fingerprint density at radius 3 is 2.83 bits per heavy atom. The van der Waals surface area contributed by atoms with E-state index in [1.165, 1.54) is 10.4 Å². The summed E-state index contributed by atoms with van der Waals surface area (Å²) in [6, 6.07) is 13.1. The molecule has 0 amide bonds. The molecule has 4 rings (SSSR count). The summed E-state index contributed by atoms with van der Waals surface area (Å²) in [5, 5.41) is 8.94. The monoisotopic (exact) mass is 443 g/mol. The molecule has 2 aromatic heterocycles. The molecule has 1 N–H and O–H groups in total. The Bertz CT molecular complexity index is 896. The van der Waals surface area contributed by atoms with Gasteiger partial charge in [-0.15, -0.1) is 22.7 Å². The third-order valence-electron chi connectivity index (χ3n) is 5.23. The maximum Gasteiger partial charge on any atom is 0.131 e. The van der Waals surface area contributed by atoms with Gasteiger partial charge in [0.2, 0.25) is 0 Å². The average molecular weight is 444 g/mol.